The Morgan fingerprint density at radius 1 is 1.29 bits per heavy atom. The second kappa shape index (κ2) is 4.14. The fourth-order valence-corrected chi connectivity index (χ4v) is 2.36. The maximum atomic E-state index is 5.48. The summed E-state index contributed by atoms with van der Waals surface area (Å²) in [6.45, 7) is 10.6. The predicted octanol–water partition coefficient (Wildman–Crippen LogP) is 1.62. The lowest BCUT2D eigenvalue weighted by Gasteiger charge is -2.23. The van der Waals surface area contributed by atoms with Crippen molar-refractivity contribution in [2.45, 2.75) is 34.1 Å². The first-order valence-electron chi connectivity index (χ1n) is 6.00. The molecule has 17 heavy (non-hydrogen) atoms. The molecule has 1 aliphatic heterocycles. The maximum absolute atomic E-state index is 5.48. The van der Waals surface area contributed by atoms with E-state index in [1.807, 2.05) is 13.8 Å². The third kappa shape index (κ3) is 2.34. The van der Waals surface area contributed by atoms with Crippen LogP contribution in [-0.2, 0) is 0 Å². The minimum Gasteiger partial charge on any atom is -0.356 e. The van der Waals surface area contributed by atoms with Crippen LogP contribution in [0, 0.1) is 19.3 Å². The Kier molecular flexibility index (Phi) is 2.95. The molecule has 0 bridgehead atoms. The van der Waals surface area contributed by atoms with Gasteiger partial charge >= 0.3 is 0 Å². The number of rotatable bonds is 2. The number of anilines is 2. The van der Waals surface area contributed by atoms with Crippen LogP contribution in [-0.4, -0.2) is 23.1 Å². The smallest absolute Gasteiger partial charge is 0.148 e. The highest BCUT2D eigenvalue weighted by molar-refractivity contribution is 5.58. The Hall–Kier alpha value is -1.36. The van der Waals surface area contributed by atoms with Crippen LogP contribution >= 0.6 is 0 Å². The zero-order chi connectivity index (χ0) is 12.6. The van der Waals surface area contributed by atoms with Crippen LogP contribution in [0.1, 0.15) is 31.7 Å². The molecule has 2 rings (SSSR count). The molecular formula is C12H21N5. The standard InChI is InChI=1S/C12H21N5/c1-8-10(16-13)14-9(2)15-11(8)17-6-5-12(3,4)7-17/h5-7,13H2,1-4H3,(H,14,15,16). The fourth-order valence-electron chi connectivity index (χ4n) is 2.36. The lowest BCUT2D eigenvalue weighted by Crippen LogP contribution is -2.25. The Morgan fingerprint density at radius 2 is 2.00 bits per heavy atom. The van der Waals surface area contributed by atoms with Crippen molar-refractivity contribution >= 4 is 11.6 Å². The Bertz CT molecular complexity index is 427. The summed E-state index contributed by atoms with van der Waals surface area (Å²) < 4.78 is 0. The monoisotopic (exact) mass is 235 g/mol. The van der Waals surface area contributed by atoms with Crippen molar-refractivity contribution in [1.82, 2.24) is 9.97 Å². The minimum atomic E-state index is 0.363. The lowest BCUT2D eigenvalue weighted by molar-refractivity contribution is 0.418. The van der Waals surface area contributed by atoms with Gasteiger partial charge in [-0.05, 0) is 25.7 Å². The molecule has 1 aliphatic rings. The van der Waals surface area contributed by atoms with E-state index in [0.717, 1.165) is 36.1 Å². The maximum Gasteiger partial charge on any atom is 0.148 e. The first-order valence-corrected chi connectivity index (χ1v) is 6.00. The van der Waals surface area contributed by atoms with Gasteiger partial charge in [0, 0.05) is 18.7 Å². The Balaban J connectivity index is 2.36. The summed E-state index contributed by atoms with van der Waals surface area (Å²) in [5.41, 5.74) is 4.03. The van der Waals surface area contributed by atoms with Gasteiger partial charge < -0.3 is 10.3 Å². The third-order valence-corrected chi connectivity index (χ3v) is 3.35. The van der Waals surface area contributed by atoms with E-state index in [4.69, 9.17) is 5.84 Å². The van der Waals surface area contributed by atoms with Gasteiger partial charge in [0.05, 0.1) is 0 Å². The number of nitrogens with two attached hydrogens (primary N) is 1. The van der Waals surface area contributed by atoms with Gasteiger partial charge in [-0.1, -0.05) is 13.8 Å². The van der Waals surface area contributed by atoms with Crippen molar-refractivity contribution in [3.8, 4) is 0 Å². The quantitative estimate of drug-likeness (QED) is 0.602. The van der Waals surface area contributed by atoms with Crippen LogP contribution in [0.5, 0.6) is 0 Å². The van der Waals surface area contributed by atoms with E-state index < -0.39 is 0 Å². The molecule has 1 aromatic rings. The highest BCUT2D eigenvalue weighted by atomic mass is 15.3. The van der Waals surface area contributed by atoms with Crippen molar-refractivity contribution in [3.05, 3.63) is 11.4 Å². The molecule has 3 N–H and O–H groups in total. The SMILES string of the molecule is Cc1nc(NN)c(C)c(N2CCC(C)(C)C2)n1. The highest BCUT2D eigenvalue weighted by Crippen LogP contribution is 2.34. The molecule has 2 heterocycles. The van der Waals surface area contributed by atoms with Crippen LogP contribution in [0.2, 0.25) is 0 Å². The number of nitrogens with zero attached hydrogens (tertiary/aromatic N) is 3. The fraction of sp³-hybridized carbons (Fsp3) is 0.667. The van der Waals surface area contributed by atoms with Gasteiger partial charge in [0.2, 0.25) is 0 Å². The molecule has 0 aromatic carbocycles. The van der Waals surface area contributed by atoms with Crippen LogP contribution in [0.15, 0.2) is 0 Å². The van der Waals surface area contributed by atoms with E-state index in [1.54, 1.807) is 0 Å². The first kappa shape index (κ1) is 12.1. The van der Waals surface area contributed by atoms with Crippen molar-refractivity contribution < 1.29 is 0 Å². The molecule has 0 aliphatic carbocycles. The number of aromatic nitrogens is 2. The van der Waals surface area contributed by atoms with Crippen molar-refractivity contribution in [3.63, 3.8) is 0 Å². The molecule has 94 valence electrons. The number of hydrogen-bond acceptors (Lipinski definition) is 5. The molecular weight excluding hydrogens is 214 g/mol. The lowest BCUT2D eigenvalue weighted by atomic mass is 9.93. The van der Waals surface area contributed by atoms with Crippen LogP contribution in [0.3, 0.4) is 0 Å². The molecule has 1 aromatic heterocycles. The van der Waals surface area contributed by atoms with Gasteiger partial charge in [-0.15, -0.1) is 0 Å². The van der Waals surface area contributed by atoms with Gasteiger partial charge in [0.1, 0.15) is 17.5 Å². The first-order chi connectivity index (χ1) is 7.93. The topological polar surface area (TPSA) is 67.1 Å². The van der Waals surface area contributed by atoms with E-state index in [0.29, 0.717) is 5.41 Å². The molecule has 1 saturated heterocycles. The minimum absolute atomic E-state index is 0.363. The van der Waals surface area contributed by atoms with Gasteiger partial charge in [-0.2, -0.15) is 0 Å². The third-order valence-electron chi connectivity index (χ3n) is 3.35. The summed E-state index contributed by atoms with van der Waals surface area (Å²) in [4.78, 5) is 11.2. The summed E-state index contributed by atoms with van der Waals surface area (Å²) in [6, 6.07) is 0. The molecule has 5 nitrogen and oxygen atoms in total. The zero-order valence-electron chi connectivity index (χ0n) is 11.0. The zero-order valence-corrected chi connectivity index (χ0v) is 11.0. The second-order valence-electron chi connectivity index (χ2n) is 5.55. The van der Waals surface area contributed by atoms with Crippen molar-refractivity contribution in [1.29, 1.82) is 0 Å². The van der Waals surface area contributed by atoms with E-state index >= 15 is 0 Å². The molecule has 1 fully saturated rings. The normalized spacial score (nSPS) is 18.5. The summed E-state index contributed by atoms with van der Waals surface area (Å²) in [6.07, 6.45) is 1.20. The number of hydrogen-bond donors (Lipinski definition) is 2. The van der Waals surface area contributed by atoms with E-state index in [9.17, 15) is 0 Å². The van der Waals surface area contributed by atoms with Crippen molar-refractivity contribution in [2.75, 3.05) is 23.4 Å². The largest absolute Gasteiger partial charge is 0.356 e. The van der Waals surface area contributed by atoms with E-state index in [1.165, 1.54) is 6.42 Å². The number of aryl methyl sites for hydroxylation is 1. The predicted molar refractivity (Wildman–Crippen MR) is 69.9 cm³/mol. The molecule has 0 saturated carbocycles. The van der Waals surface area contributed by atoms with Crippen molar-refractivity contribution in [2.24, 2.45) is 11.3 Å². The molecule has 0 atom stereocenters. The molecule has 0 amide bonds. The van der Waals surface area contributed by atoms with E-state index in [-0.39, 0.29) is 0 Å². The summed E-state index contributed by atoms with van der Waals surface area (Å²) in [5, 5.41) is 0. The molecule has 5 heteroatoms. The van der Waals surface area contributed by atoms with Crippen LogP contribution in [0.25, 0.3) is 0 Å². The van der Waals surface area contributed by atoms with Crippen LogP contribution in [0.4, 0.5) is 11.6 Å². The van der Waals surface area contributed by atoms with Gasteiger partial charge in [0.15, 0.2) is 0 Å². The summed E-state index contributed by atoms with van der Waals surface area (Å²) in [5.74, 6) is 7.96. The number of hydrazine groups is 1. The molecule has 0 unspecified atom stereocenters. The summed E-state index contributed by atoms with van der Waals surface area (Å²) in [7, 11) is 0. The number of nitrogens with one attached hydrogen (secondary N) is 1. The molecule has 0 spiro atoms. The second-order valence-corrected chi connectivity index (χ2v) is 5.55. The average Bonchev–Trinajstić information content (AvgIpc) is 2.61. The van der Waals surface area contributed by atoms with Crippen LogP contribution < -0.4 is 16.2 Å². The average molecular weight is 235 g/mol. The van der Waals surface area contributed by atoms with Gasteiger partial charge in [0.25, 0.3) is 0 Å². The summed E-state index contributed by atoms with van der Waals surface area (Å²) >= 11 is 0. The van der Waals surface area contributed by atoms with Gasteiger partial charge in [-0.3, -0.25) is 0 Å². The number of nitrogen functional groups attached to an aromatic ring is 1. The molecule has 0 radical (unpaired) electrons. The Morgan fingerprint density at radius 3 is 2.53 bits per heavy atom. The van der Waals surface area contributed by atoms with Gasteiger partial charge in [-0.25, -0.2) is 15.8 Å². The Labute approximate surface area is 102 Å². The van der Waals surface area contributed by atoms with E-state index in [2.05, 4.69) is 34.1 Å². The highest BCUT2D eigenvalue weighted by Gasteiger charge is 2.31.